The van der Waals surface area contributed by atoms with Gasteiger partial charge in [0.15, 0.2) is 0 Å². The van der Waals surface area contributed by atoms with Crippen LogP contribution in [0.5, 0.6) is 0 Å². The molecule has 1 atom stereocenters. The molecule has 9 nitrogen and oxygen atoms in total. The first kappa shape index (κ1) is 25.1. The molecule has 4 aliphatic carbocycles. The van der Waals surface area contributed by atoms with E-state index in [9.17, 15) is 22.8 Å². The minimum Gasteiger partial charge on any atom is -0.295 e. The van der Waals surface area contributed by atoms with Gasteiger partial charge in [-0.15, -0.1) is 11.8 Å². The van der Waals surface area contributed by atoms with E-state index in [4.69, 9.17) is 0 Å². The highest BCUT2D eigenvalue weighted by Gasteiger charge is 2.52. The van der Waals surface area contributed by atoms with E-state index in [1.54, 1.807) is 25.1 Å². The van der Waals surface area contributed by atoms with Gasteiger partial charge in [-0.25, -0.2) is 18.1 Å². The Morgan fingerprint density at radius 1 is 1.11 bits per heavy atom. The van der Waals surface area contributed by atoms with Crippen molar-refractivity contribution in [3.05, 3.63) is 34.4 Å². The second-order valence-electron chi connectivity index (χ2n) is 11.4. The van der Waals surface area contributed by atoms with E-state index >= 15 is 0 Å². The maximum absolute atomic E-state index is 13.6. The summed E-state index contributed by atoms with van der Waals surface area (Å²) in [5, 5.41) is 2.67. The summed E-state index contributed by atoms with van der Waals surface area (Å²) in [7, 11) is -3.48. The van der Waals surface area contributed by atoms with Gasteiger partial charge in [0.25, 0.3) is 5.56 Å². The van der Waals surface area contributed by atoms with Gasteiger partial charge < -0.3 is 0 Å². The number of hydrogen-bond donors (Lipinski definition) is 2. The maximum atomic E-state index is 13.6. The van der Waals surface area contributed by atoms with E-state index in [1.165, 1.54) is 35.6 Å². The molecule has 5 aliphatic rings. The standard InChI is InChI=1S/C26H32N4O5S2/c1-15-27-19-3-2-4-21(23(19)25(33)30(15)20-5-6-22(31)28-24(20)32)36-7-8-37(34,35)29-26-12-16-9-17(13-26)11-18(10-16)14-26/h2-4,16-18,20,29H,5-14H2,1H3,(H,28,31,32). The number of nitrogens with zero attached hydrogens (tertiary/aromatic N) is 2. The number of carbonyl (C=O) groups excluding carboxylic acids is 2. The molecule has 4 saturated carbocycles. The van der Waals surface area contributed by atoms with Crippen LogP contribution in [0.1, 0.15) is 63.2 Å². The first-order chi connectivity index (χ1) is 17.6. The van der Waals surface area contributed by atoms with Gasteiger partial charge in [-0.05, 0) is 81.8 Å². The summed E-state index contributed by atoms with van der Waals surface area (Å²) in [6.07, 6.45) is 7.03. The summed E-state index contributed by atoms with van der Waals surface area (Å²) in [6.45, 7) is 1.67. The van der Waals surface area contributed by atoms with E-state index in [2.05, 4.69) is 15.0 Å². The van der Waals surface area contributed by atoms with E-state index in [0.29, 0.717) is 45.1 Å². The molecule has 0 radical (unpaired) electrons. The van der Waals surface area contributed by atoms with E-state index in [0.717, 1.165) is 19.3 Å². The monoisotopic (exact) mass is 544 g/mol. The quantitative estimate of drug-likeness (QED) is 0.405. The van der Waals surface area contributed by atoms with Gasteiger partial charge >= 0.3 is 0 Å². The molecule has 198 valence electrons. The van der Waals surface area contributed by atoms with Crippen LogP contribution < -0.4 is 15.6 Å². The topological polar surface area (TPSA) is 127 Å². The Morgan fingerprint density at radius 2 is 1.78 bits per heavy atom. The van der Waals surface area contributed by atoms with E-state index in [1.807, 2.05) is 0 Å². The molecule has 0 spiro atoms. The number of aromatic nitrogens is 2. The third-order valence-electron chi connectivity index (χ3n) is 8.61. The number of nitrogens with one attached hydrogen (secondary N) is 2. The Morgan fingerprint density at radius 3 is 2.43 bits per heavy atom. The maximum Gasteiger partial charge on any atom is 0.263 e. The van der Waals surface area contributed by atoms with Crippen molar-refractivity contribution in [1.29, 1.82) is 0 Å². The lowest BCUT2D eigenvalue weighted by atomic mass is 9.53. The second-order valence-corrected chi connectivity index (χ2v) is 14.4. The molecule has 1 aromatic heterocycles. The lowest BCUT2D eigenvalue weighted by molar-refractivity contribution is -0.135. The van der Waals surface area contributed by atoms with Crippen LogP contribution in [0.25, 0.3) is 10.9 Å². The number of aryl methyl sites for hydroxylation is 1. The van der Waals surface area contributed by atoms with Gasteiger partial charge in [-0.1, -0.05) is 6.07 Å². The molecule has 11 heteroatoms. The SMILES string of the molecule is Cc1nc2cccc(SCCS(=O)(=O)NC34CC5CC(CC(C5)C3)C4)c2c(=O)n1C1CCC(=O)NC1=O. The summed E-state index contributed by atoms with van der Waals surface area (Å²) in [6, 6.07) is 4.53. The minimum atomic E-state index is -3.48. The van der Waals surface area contributed by atoms with Gasteiger partial charge in [-0.2, -0.15) is 0 Å². The molecule has 4 bridgehead atoms. The average molecular weight is 545 g/mol. The fraction of sp³-hybridized carbons (Fsp3) is 0.615. The Kier molecular flexibility index (Phi) is 6.23. The third-order valence-corrected chi connectivity index (χ3v) is 11.4. The summed E-state index contributed by atoms with van der Waals surface area (Å²) in [5.74, 6) is 1.78. The minimum absolute atomic E-state index is 0.0313. The summed E-state index contributed by atoms with van der Waals surface area (Å²) in [4.78, 5) is 42.9. The lowest BCUT2D eigenvalue weighted by Gasteiger charge is -2.56. The van der Waals surface area contributed by atoms with Crippen LogP contribution in [0.15, 0.2) is 27.9 Å². The van der Waals surface area contributed by atoms with Crippen LogP contribution in [0, 0.1) is 24.7 Å². The van der Waals surface area contributed by atoms with Crippen molar-refractivity contribution < 1.29 is 18.0 Å². The number of benzene rings is 1. The molecule has 7 rings (SSSR count). The Labute approximate surface area is 220 Å². The first-order valence-electron chi connectivity index (χ1n) is 13.1. The molecule has 2 amide bonds. The third kappa shape index (κ3) is 4.74. The molecule has 2 N–H and O–H groups in total. The van der Waals surface area contributed by atoms with Crippen molar-refractivity contribution >= 4 is 44.5 Å². The largest absolute Gasteiger partial charge is 0.295 e. The number of thioether (sulfide) groups is 1. The van der Waals surface area contributed by atoms with Crippen LogP contribution in [-0.4, -0.2) is 46.8 Å². The van der Waals surface area contributed by atoms with Crippen molar-refractivity contribution in [2.75, 3.05) is 11.5 Å². The zero-order valence-electron chi connectivity index (χ0n) is 20.9. The van der Waals surface area contributed by atoms with E-state index < -0.39 is 22.0 Å². The summed E-state index contributed by atoms with van der Waals surface area (Å²) >= 11 is 1.32. The number of piperidine rings is 1. The number of hydrogen-bond acceptors (Lipinski definition) is 7. The fourth-order valence-electron chi connectivity index (χ4n) is 7.62. The van der Waals surface area contributed by atoms with Crippen molar-refractivity contribution in [3.8, 4) is 0 Å². The number of amides is 2. The molecular formula is C26H32N4O5S2. The molecule has 5 fully saturated rings. The normalized spacial score (nSPS) is 31.2. The molecule has 2 aromatic rings. The lowest BCUT2D eigenvalue weighted by Crippen LogP contribution is -2.60. The predicted octanol–water partition coefficient (Wildman–Crippen LogP) is 2.66. The highest BCUT2D eigenvalue weighted by atomic mass is 32.2. The van der Waals surface area contributed by atoms with Gasteiger partial charge in [0.1, 0.15) is 11.9 Å². The van der Waals surface area contributed by atoms with Crippen LogP contribution in [0.3, 0.4) is 0 Å². The number of sulfonamides is 1. The number of imide groups is 1. The van der Waals surface area contributed by atoms with E-state index in [-0.39, 0.29) is 35.6 Å². The predicted molar refractivity (Wildman–Crippen MR) is 141 cm³/mol. The van der Waals surface area contributed by atoms with Crippen molar-refractivity contribution in [3.63, 3.8) is 0 Å². The highest BCUT2D eigenvalue weighted by Crippen LogP contribution is 2.55. The van der Waals surface area contributed by atoms with Gasteiger partial charge in [-0.3, -0.25) is 24.3 Å². The average Bonchev–Trinajstić information content (AvgIpc) is 2.78. The molecule has 1 aromatic carbocycles. The molecule has 1 aliphatic heterocycles. The molecule has 2 heterocycles. The van der Waals surface area contributed by atoms with Crippen LogP contribution in [0.2, 0.25) is 0 Å². The first-order valence-corrected chi connectivity index (χ1v) is 15.8. The molecular weight excluding hydrogens is 512 g/mol. The van der Waals surface area contributed by atoms with Crippen LogP contribution in [-0.2, 0) is 19.6 Å². The van der Waals surface area contributed by atoms with Crippen LogP contribution in [0.4, 0.5) is 0 Å². The smallest absolute Gasteiger partial charge is 0.263 e. The fourth-order valence-corrected chi connectivity index (χ4v) is 10.6. The number of fused-ring (bicyclic) bond motifs is 1. The summed E-state index contributed by atoms with van der Waals surface area (Å²) < 4.78 is 30.7. The zero-order chi connectivity index (χ0) is 25.9. The Balaban J connectivity index is 1.20. The van der Waals surface area contributed by atoms with Gasteiger partial charge in [0.2, 0.25) is 21.8 Å². The number of carbonyl (C=O) groups is 2. The van der Waals surface area contributed by atoms with Crippen LogP contribution >= 0.6 is 11.8 Å². The van der Waals surface area contributed by atoms with Gasteiger partial charge in [0.05, 0.1) is 16.7 Å². The number of rotatable bonds is 7. The van der Waals surface area contributed by atoms with Crippen molar-refractivity contribution in [2.45, 2.75) is 74.8 Å². The Hall–Kier alpha value is -2.24. The molecule has 1 saturated heterocycles. The summed E-state index contributed by atoms with van der Waals surface area (Å²) in [5.41, 5.74) is -0.116. The zero-order valence-corrected chi connectivity index (χ0v) is 22.5. The van der Waals surface area contributed by atoms with Crippen molar-refractivity contribution in [2.24, 2.45) is 17.8 Å². The molecule has 37 heavy (non-hydrogen) atoms. The highest BCUT2D eigenvalue weighted by molar-refractivity contribution is 8.00. The second kappa shape index (κ2) is 9.20. The Bertz CT molecular complexity index is 1420. The van der Waals surface area contributed by atoms with Gasteiger partial charge in [0, 0.05) is 22.6 Å². The van der Waals surface area contributed by atoms with Crippen molar-refractivity contribution in [1.82, 2.24) is 19.6 Å². The molecule has 1 unspecified atom stereocenters.